The van der Waals surface area contributed by atoms with Crippen molar-refractivity contribution in [3.63, 3.8) is 0 Å². The number of nitrogens with zero attached hydrogens (tertiary/aromatic N) is 4. The van der Waals surface area contributed by atoms with Gasteiger partial charge in [0.15, 0.2) is 5.69 Å². The molecule has 3 aromatic heterocycles. The largest absolute Gasteiger partial charge is 0.358 e. The van der Waals surface area contributed by atoms with E-state index in [1.54, 1.807) is 29.5 Å². The number of carbonyl (C=O) groups is 1. The fourth-order valence-corrected chi connectivity index (χ4v) is 3.11. The Labute approximate surface area is 138 Å². The molecule has 0 bridgehead atoms. The molecule has 1 saturated carbocycles. The van der Waals surface area contributed by atoms with Gasteiger partial charge < -0.3 is 16.0 Å². The lowest BCUT2D eigenvalue weighted by Gasteiger charge is -2.26. The van der Waals surface area contributed by atoms with Gasteiger partial charge in [0.05, 0.1) is 11.0 Å². The van der Waals surface area contributed by atoms with Crippen LogP contribution in [0.1, 0.15) is 36.2 Å². The zero-order valence-electron chi connectivity index (χ0n) is 13.1. The summed E-state index contributed by atoms with van der Waals surface area (Å²) in [5.41, 5.74) is 7.62. The number of amides is 1. The van der Waals surface area contributed by atoms with Crippen LogP contribution in [0.15, 0.2) is 31.0 Å². The highest BCUT2D eigenvalue weighted by atomic mass is 16.2. The highest BCUT2D eigenvalue weighted by molar-refractivity contribution is 6.03. The summed E-state index contributed by atoms with van der Waals surface area (Å²) >= 11 is 0. The molecule has 0 aliphatic heterocycles. The van der Waals surface area contributed by atoms with E-state index in [-0.39, 0.29) is 18.0 Å². The van der Waals surface area contributed by atoms with E-state index in [0.29, 0.717) is 22.7 Å². The summed E-state index contributed by atoms with van der Waals surface area (Å²) in [5, 5.41) is 3.08. The van der Waals surface area contributed by atoms with Crippen molar-refractivity contribution in [1.82, 2.24) is 29.8 Å². The fraction of sp³-hybridized carbons (Fsp3) is 0.375. The second-order valence-corrected chi connectivity index (χ2v) is 6.17. The molecule has 1 amide bonds. The fourth-order valence-electron chi connectivity index (χ4n) is 3.11. The second-order valence-electron chi connectivity index (χ2n) is 6.17. The quantitative estimate of drug-likeness (QED) is 0.668. The van der Waals surface area contributed by atoms with Crippen LogP contribution in [0.4, 0.5) is 0 Å². The van der Waals surface area contributed by atoms with Gasteiger partial charge in [0, 0.05) is 30.7 Å². The number of hydrogen-bond acceptors (Lipinski definition) is 5. The van der Waals surface area contributed by atoms with Gasteiger partial charge >= 0.3 is 0 Å². The van der Waals surface area contributed by atoms with Crippen LogP contribution in [0.2, 0.25) is 0 Å². The Morgan fingerprint density at radius 1 is 1.29 bits per heavy atom. The topological polar surface area (TPSA) is 115 Å². The summed E-state index contributed by atoms with van der Waals surface area (Å²) < 4.78 is 1.68. The number of aromatic nitrogens is 5. The Balaban J connectivity index is 1.65. The van der Waals surface area contributed by atoms with Gasteiger partial charge in [0.2, 0.25) is 5.95 Å². The maximum atomic E-state index is 12.8. The molecule has 0 saturated heterocycles. The lowest BCUT2D eigenvalue weighted by Crippen LogP contribution is -2.40. The van der Waals surface area contributed by atoms with Crippen LogP contribution in [0.3, 0.4) is 0 Å². The third-order valence-corrected chi connectivity index (χ3v) is 4.45. The van der Waals surface area contributed by atoms with Crippen LogP contribution < -0.4 is 11.1 Å². The van der Waals surface area contributed by atoms with Gasteiger partial charge in [-0.2, -0.15) is 0 Å². The van der Waals surface area contributed by atoms with Gasteiger partial charge in [0.1, 0.15) is 6.33 Å². The highest BCUT2D eigenvalue weighted by Gasteiger charge is 2.23. The van der Waals surface area contributed by atoms with Crippen molar-refractivity contribution in [2.75, 3.05) is 0 Å². The molecule has 8 nitrogen and oxygen atoms in total. The standard InChI is InChI=1S/C16H19N7O/c17-10-1-3-11(4-2-10)20-15(24)14-13-12(5-6-19-13)21-16(22-14)23-8-7-18-9-23/h5-11,19H,1-4,17H2,(H,20,24). The summed E-state index contributed by atoms with van der Waals surface area (Å²) in [6, 6.07) is 2.22. The average Bonchev–Trinajstić information content (AvgIpc) is 3.27. The van der Waals surface area contributed by atoms with E-state index in [1.165, 1.54) is 0 Å². The third kappa shape index (κ3) is 2.76. The molecule has 24 heavy (non-hydrogen) atoms. The van der Waals surface area contributed by atoms with Crippen LogP contribution in [0.5, 0.6) is 0 Å². The summed E-state index contributed by atoms with van der Waals surface area (Å²) in [7, 11) is 0. The Morgan fingerprint density at radius 3 is 2.88 bits per heavy atom. The number of H-pyrrole nitrogens is 1. The van der Waals surface area contributed by atoms with Crippen molar-refractivity contribution in [3.8, 4) is 5.95 Å². The monoisotopic (exact) mass is 325 g/mol. The second kappa shape index (κ2) is 6.04. The lowest BCUT2D eigenvalue weighted by molar-refractivity contribution is 0.0922. The molecule has 3 aromatic rings. The number of hydrogen-bond donors (Lipinski definition) is 3. The van der Waals surface area contributed by atoms with Crippen LogP contribution in [-0.2, 0) is 0 Å². The van der Waals surface area contributed by atoms with Crippen LogP contribution in [-0.4, -0.2) is 42.5 Å². The molecule has 4 rings (SSSR count). The molecule has 0 aromatic carbocycles. The van der Waals surface area contributed by atoms with Crippen molar-refractivity contribution >= 4 is 16.9 Å². The zero-order valence-corrected chi connectivity index (χ0v) is 13.1. The number of fused-ring (bicyclic) bond motifs is 1. The molecule has 0 radical (unpaired) electrons. The third-order valence-electron chi connectivity index (χ3n) is 4.45. The highest BCUT2D eigenvalue weighted by Crippen LogP contribution is 2.19. The van der Waals surface area contributed by atoms with Crippen LogP contribution >= 0.6 is 0 Å². The van der Waals surface area contributed by atoms with Crippen molar-refractivity contribution < 1.29 is 4.79 Å². The van der Waals surface area contributed by atoms with Crippen molar-refractivity contribution in [2.45, 2.75) is 37.8 Å². The normalized spacial score (nSPS) is 21.0. The van der Waals surface area contributed by atoms with Gasteiger partial charge in [-0.3, -0.25) is 9.36 Å². The molecule has 4 N–H and O–H groups in total. The first-order valence-corrected chi connectivity index (χ1v) is 8.10. The number of nitrogens with two attached hydrogens (primary N) is 1. The molecule has 8 heteroatoms. The Morgan fingerprint density at radius 2 is 2.12 bits per heavy atom. The minimum absolute atomic E-state index is 0.147. The summed E-state index contributed by atoms with van der Waals surface area (Å²) in [6.07, 6.45) is 10.4. The molecule has 0 unspecified atom stereocenters. The van der Waals surface area contributed by atoms with Gasteiger partial charge in [-0.15, -0.1) is 0 Å². The first-order chi connectivity index (χ1) is 11.7. The molecule has 0 atom stereocenters. The first-order valence-electron chi connectivity index (χ1n) is 8.10. The van der Waals surface area contributed by atoms with Crippen molar-refractivity contribution in [2.24, 2.45) is 5.73 Å². The zero-order chi connectivity index (χ0) is 16.5. The van der Waals surface area contributed by atoms with Gasteiger partial charge in [-0.05, 0) is 31.7 Å². The maximum absolute atomic E-state index is 12.8. The van der Waals surface area contributed by atoms with E-state index < -0.39 is 0 Å². The van der Waals surface area contributed by atoms with Crippen molar-refractivity contribution in [1.29, 1.82) is 0 Å². The lowest BCUT2D eigenvalue weighted by atomic mass is 9.92. The van der Waals surface area contributed by atoms with E-state index in [2.05, 4.69) is 25.3 Å². The molecular formula is C16H19N7O. The Hall–Kier alpha value is -2.74. The van der Waals surface area contributed by atoms with Gasteiger partial charge in [0.25, 0.3) is 5.91 Å². The molecule has 0 spiro atoms. The summed E-state index contributed by atoms with van der Waals surface area (Å²) in [4.78, 5) is 28.7. The van der Waals surface area contributed by atoms with E-state index >= 15 is 0 Å². The van der Waals surface area contributed by atoms with E-state index in [9.17, 15) is 4.79 Å². The molecule has 3 heterocycles. The molecule has 1 aliphatic carbocycles. The van der Waals surface area contributed by atoms with E-state index in [4.69, 9.17) is 5.73 Å². The minimum atomic E-state index is -0.188. The number of imidazole rings is 1. The van der Waals surface area contributed by atoms with Crippen LogP contribution in [0, 0.1) is 0 Å². The predicted octanol–water partition coefficient (Wildman–Crippen LogP) is 1.14. The van der Waals surface area contributed by atoms with E-state index in [1.807, 2.05) is 6.07 Å². The predicted molar refractivity (Wildman–Crippen MR) is 88.7 cm³/mol. The summed E-state index contributed by atoms with van der Waals surface area (Å²) in [5.74, 6) is 0.238. The van der Waals surface area contributed by atoms with Gasteiger partial charge in [-0.1, -0.05) is 0 Å². The average molecular weight is 325 g/mol. The van der Waals surface area contributed by atoms with E-state index in [0.717, 1.165) is 25.7 Å². The summed E-state index contributed by atoms with van der Waals surface area (Å²) in [6.45, 7) is 0. The number of rotatable bonds is 3. The SMILES string of the molecule is NC1CCC(NC(=O)c2nc(-n3ccnc3)nc3cc[nH]c23)CC1. The molecular weight excluding hydrogens is 306 g/mol. The minimum Gasteiger partial charge on any atom is -0.358 e. The smallest absolute Gasteiger partial charge is 0.272 e. The first kappa shape index (κ1) is 14.8. The maximum Gasteiger partial charge on any atom is 0.272 e. The van der Waals surface area contributed by atoms with Crippen LogP contribution in [0.25, 0.3) is 17.0 Å². The number of nitrogens with one attached hydrogen (secondary N) is 2. The number of carbonyl (C=O) groups excluding carboxylic acids is 1. The molecule has 1 aliphatic rings. The molecule has 1 fully saturated rings. The Kier molecular flexibility index (Phi) is 3.73. The number of aromatic amines is 1. The van der Waals surface area contributed by atoms with Gasteiger partial charge in [-0.25, -0.2) is 15.0 Å². The molecule has 124 valence electrons. The van der Waals surface area contributed by atoms with Crippen molar-refractivity contribution in [3.05, 3.63) is 36.7 Å². The Bertz CT molecular complexity index is 847.